The molecule has 0 unspecified atom stereocenters. The Bertz CT molecular complexity index is 1030. The highest BCUT2D eigenvalue weighted by Crippen LogP contribution is 2.29. The molecule has 6 nitrogen and oxygen atoms in total. The average Bonchev–Trinajstić information content (AvgIpc) is 3.12. The maximum absolute atomic E-state index is 10.6. The molecule has 4 aromatic rings. The van der Waals surface area contributed by atoms with Gasteiger partial charge in [0.2, 0.25) is 5.16 Å². The highest BCUT2D eigenvalue weighted by atomic mass is 32.2. The van der Waals surface area contributed by atoms with Gasteiger partial charge in [-0.2, -0.15) is 0 Å². The van der Waals surface area contributed by atoms with Gasteiger partial charge in [0.25, 0.3) is 0 Å². The van der Waals surface area contributed by atoms with Gasteiger partial charge in [-0.05, 0) is 46.8 Å². The SMILES string of the molecule is O=Nc1ccc(Sc2nnc(Cc3ccccc3)n2-c2ccccc2)nc1. The summed E-state index contributed by atoms with van der Waals surface area (Å²) >= 11 is 1.39. The van der Waals surface area contributed by atoms with E-state index in [1.165, 1.54) is 18.0 Å². The predicted molar refractivity (Wildman–Crippen MR) is 104 cm³/mol. The minimum Gasteiger partial charge on any atom is -0.273 e. The maximum atomic E-state index is 10.6. The summed E-state index contributed by atoms with van der Waals surface area (Å²) in [5.41, 5.74) is 2.45. The second kappa shape index (κ2) is 7.92. The van der Waals surface area contributed by atoms with Crippen molar-refractivity contribution in [3.05, 3.63) is 95.3 Å². The number of para-hydroxylation sites is 1. The number of aromatic nitrogens is 4. The zero-order valence-corrected chi connectivity index (χ0v) is 15.1. The molecule has 0 radical (unpaired) electrons. The van der Waals surface area contributed by atoms with Crippen LogP contribution in [-0.2, 0) is 6.42 Å². The summed E-state index contributed by atoms with van der Waals surface area (Å²) in [5.74, 6) is 0.848. The van der Waals surface area contributed by atoms with Crippen molar-refractivity contribution >= 4 is 17.4 Å². The smallest absolute Gasteiger partial charge is 0.202 e. The van der Waals surface area contributed by atoms with E-state index in [1.807, 2.05) is 53.1 Å². The van der Waals surface area contributed by atoms with Crippen LogP contribution in [0.15, 0.2) is 94.4 Å². The molecule has 0 atom stereocenters. The monoisotopic (exact) mass is 373 g/mol. The van der Waals surface area contributed by atoms with Crippen molar-refractivity contribution in [1.29, 1.82) is 0 Å². The molecule has 132 valence electrons. The van der Waals surface area contributed by atoms with Crippen LogP contribution in [0.4, 0.5) is 5.69 Å². The normalized spacial score (nSPS) is 10.7. The van der Waals surface area contributed by atoms with Crippen LogP contribution in [0.3, 0.4) is 0 Å². The van der Waals surface area contributed by atoms with Crippen LogP contribution < -0.4 is 0 Å². The fraction of sp³-hybridized carbons (Fsp3) is 0.0500. The van der Waals surface area contributed by atoms with E-state index < -0.39 is 0 Å². The Morgan fingerprint density at radius 1 is 0.889 bits per heavy atom. The molecule has 2 aromatic heterocycles. The molecule has 0 N–H and O–H groups in total. The second-order valence-corrected chi connectivity index (χ2v) is 6.77. The molecule has 0 amide bonds. The van der Waals surface area contributed by atoms with E-state index in [0.29, 0.717) is 17.3 Å². The van der Waals surface area contributed by atoms with E-state index in [9.17, 15) is 4.91 Å². The summed E-state index contributed by atoms with van der Waals surface area (Å²) in [6.07, 6.45) is 2.12. The largest absolute Gasteiger partial charge is 0.273 e. The van der Waals surface area contributed by atoms with Crippen LogP contribution in [0, 0.1) is 4.91 Å². The lowest BCUT2D eigenvalue weighted by Crippen LogP contribution is -2.03. The number of hydrogen-bond donors (Lipinski definition) is 0. The van der Waals surface area contributed by atoms with Crippen LogP contribution in [0.1, 0.15) is 11.4 Å². The van der Waals surface area contributed by atoms with Crippen LogP contribution in [0.2, 0.25) is 0 Å². The van der Waals surface area contributed by atoms with Gasteiger partial charge in [0.15, 0.2) is 0 Å². The van der Waals surface area contributed by atoms with Gasteiger partial charge in [0, 0.05) is 12.1 Å². The summed E-state index contributed by atoms with van der Waals surface area (Å²) in [6, 6.07) is 23.6. The molecule has 0 aliphatic rings. The first kappa shape index (κ1) is 17.1. The van der Waals surface area contributed by atoms with Gasteiger partial charge in [-0.1, -0.05) is 48.5 Å². The van der Waals surface area contributed by atoms with E-state index >= 15 is 0 Å². The van der Waals surface area contributed by atoms with Crippen LogP contribution in [-0.4, -0.2) is 19.7 Å². The first-order valence-electron chi connectivity index (χ1n) is 8.34. The van der Waals surface area contributed by atoms with Crippen molar-refractivity contribution in [2.24, 2.45) is 5.18 Å². The molecular formula is C20H15N5OS. The third-order valence-electron chi connectivity index (χ3n) is 3.94. The Labute approximate surface area is 160 Å². The van der Waals surface area contributed by atoms with E-state index in [-0.39, 0.29) is 0 Å². The van der Waals surface area contributed by atoms with Crippen molar-refractivity contribution in [3.8, 4) is 5.69 Å². The van der Waals surface area contributed by atoms with E-state index in [1.54, 1.807) is 12.1 Å². The first-order chi connectivity index (χ1) is 13.3. The van der Waals surface area contributed by atoms with Gasteiger partial charge in [0.1, 0.15) is 16.5 Å². The van der Waals surface area contributed by atoms with E-state index in [0.717, 1.165) is 22.1 Å². The third kappa shape index (κ3) is 3.93. The molecule has 0 spiro atoms. The molecule has 2 aromatic carbocycles. The maximum Gasteiger partial charge on any atom is 0.202 e. The zero-order valence-electron chi connectivity index (χ0n) is 14.3. The molecule has 4 rings (SSSR count). The Morgan fingerprint density at radius 2 is 1.63 bits per heavy atom. The minimum atomic E-state index is 0.300. The van der Waals surface area contributed by atoms with Gasteiger partial charge in [-0.25, -0.2) is 4.98 Å². The van der Waals surface area contributed by atoms with E-state index in [4.69, 9.17) is 0 Å². The number of nitrogens with zero attached hydrogens (tertiary/aromatic N) is 5. The van der Waals surface area contributed by atoms with Crippen LogP contribution >= 0.6 is 11.8 Å². The van der Waals surface area contributed by atoms with Crippen LogP contribution in [0.5, 0.6) is 0 Å². The van der Waals surface area contributed by atoms with Gasteiger partial charge < -0.3 is 0 Å². The van der Waals surface area contributed by atoms with Crippen molar-refractivity contribution in [2.75, 3.05) is 0 Å². The Balaban J connectivity index is 1.71. The summed E-state index contributed by atoms with van der Waals surface area (Å²) in [4.78, 5) is 14.8. The molecule has 7 heteroatoms. The lowest BCUT2D eigenvalue weighted by Gasteiger charge is -2.10. The summed E-state index contributed by atoms with van der Waals surface area (Å²) < 4.78 is 2.03. The molecule has 0 aliphatic heterocycles. The third-order valence-corrected chi connectivity index (χ3v) is 4.84. The number of benzene rings is 2. The Kier molecular flexibility index (Phi) is 5.02. The highest BCUT2D eigenvalue weighted by Gasteiger charge is 2.16. The summed E-state index contributed by atoms with van der Waals surface area (Å²) in [7, 11) is 0. The lowest BCUT2D eigenvalue weighted by molar-refractivity contribution is 0.846. The first-order valence-corrected chi connectivity index (χ1v) is 9.16. The minimum absolute atomic E-state index is 0.300. The van der Waals surface area contributed by atoms with Gasteiger partial charge in [-0.15, -0.1) is 15.1 Å². The summed E-state index contributed by atoms with van der Waals surface area (Å²) in [6.45, 7) is 0. The molecule has 0 aliphatic carbocycles. The van der Waals surface area contributed by atoms with Crippen molar-refractivity contribution in [1.82, 2.24) is 19.7 Å². The Hall–Kier alpha value is -3.32. The Morgan fingerprint density at radius 3 is 2.30 bits per heavy atom. The molecular weight excluding hydrogens is 358 g/mol. The fourth-order valence-electron chi connectivity index (χ4n) is 2.68. The average molecular weight is 373 g/mol. The number of rotatable bonds is 6. The van der Waals surface area contributed by atoms with E-state index in [2.05, 4.69) is 32.5 Å². The van der Waals surface area contributed by atoms with Gasteiger partial charge in [0.05, 0.1) is 6.20 Å². The lowest BCUT2D eigenvalue weighted by atomic mass is 10.1. The molecule has 0 fully saturated rings. The quantitative estimate of drug-likeness (QED) is 0.454. The van der Waals surface area contributed by atoms with Crippen LogP contribution in [0.25, 0.3) is 5.69 Å². The van der Waals surface area contributed by atoms with Gasteiger partial charge >= 0.3 is 0 Å². The fourth-order valence-corrected chi connectivity index (χ4v) is 3.49. The molecule has 0 saturated heterocycles. The molecule has 0 bridgehead atoms. The summed E-state index contributed by atoms with van der Waals surface area (Å²) in [5, 5.41) is 13.1. The number of nitroso groups, excluding NO2 is 1. The number of pyridine rings is 1. The highest BCUT2D eigenvalue weighted by molar-refractivity contribution is 7.99. The second-order valence-electron chi connectivity index (χ2n) is 5.78. The zero-order chi connectivity index (χ0) is 18.5. The van der Waals surface area contributed by atoms with Crippen molar-refractivity contribution in [3.63, 3.8) is 0 Å². The van der Waals surface area contributed by atoms with Crippen molar-refractivity contribution in [2.45, 2.75) is 16.6 Å². The molecule has 2 heterocycles. The molecule has 27 heavy (non-hydrogen) atoms. The predicted octanol–water partition coefficient (Wildman–Crippen LogP) is 4.80. The molecule has 0 saturated carbocycles. The van der Waals surface area contributed by atoms with Gasteiger partial charge in [-0.3, -0.25) is 4.57 Å². The topological polar surface area (TPSA) is 73.0 Å². The van der Waals surface area contributed by atoms with Crippen molar-refractivity contribution < 1.29 is 0 Å². The number of hydrogen-bond acceptors (Lipinski definition) is 6. The standard InChI is InChI=1S/C20H15N5OS/c26-24-16-11-12-19(21-14-16)27-20-23-22-18(13-15-7-3-1-4-8-15)25(20)17-9-5-2-6-10-17/h1-12,14H,13H2.